The summed E-state index contributed by atoms with van der Waals surface area (Å²) < 4.78 is 2.07. The molecule has 0 amide bonds. The summed E-state index contributed by atoms with van der Waals surface area (Å²) in [6.45, 7) is 2.04. The predicted octanol–water partition coefficient (Wildman–Crippen LogP) is 1.86. The maximum Gasteiger partial charge on any atom is 0.109 e. The predicted molar refractivity (Wildman–Crippen MR) is 67.8 cm³/mol. The van der Waals surface area contributed by atoms with Crippen molar-refractivity contribution in [3.63, 3.8) is 0 Å². The van der Waals surface area contributed by atoms with Crippen molar-refractivity contribution in [2.24, 2.45) is 7.05 Å². The van der Waals surface area contributed by atoms with Crippen molar-refractivity contribution in [3.8, 4) is 0 Å². The van der Waals surface area contributed by atoms with Gasteiger partial charge in [-0.2, -0.15) is 0 Å². The van der Waals surface area contributed by atoms with E-state index in [4.69, 9.17) is 0 Å². The molecule has 0 aromatic carbocycles. The first-order chi connectivity index (χ1) is 7.86. The van der Waals surface area contributed by atoms with Crippen LogP contribution in [0.5, 0.6) is 0 Å². The third-order valence-electron chi connectivity index (χ3n) is 2.57. The Hall–Kier alpha value is -1.13. The Kier molecular flexibility index (Phi) is 4.13. The molecule has 0 unspecified atom stereocenters. The van der Waals surface area contributed by atoms with Crippen LogP contribution in [-0.2, 0) is 19.9 Å². The lowest BCUT2D eigenvalue weighted by Gasteiger charge is -2.04. The molecule has 0 bridgehead atoms. The number of thiophene rings is 1. The fourth-order valence-corrected chi connectivity index (χ4v) is 2.34. The van der Waals surface area contributed by atoms with Gasteiger partial charge in [-0.05, 0) is 24.4 Å². The first-order valence-corrected chi connectivity index (χ1v) is 6.43. The highest BCUT2D eigenvalue weighted by Crippen LogP contribution is 2.07. The lowest BCUT2D eigenvalue weighted by Crippen LogP contribution is -2.20. The standard InChI is InChI=1S/C12H17N3S/c1-15-9-8-14-12(15)5-7-13-6-4-11-3-2-10-16-11/h2-3,8-10,13H,4-7H2,1H3. The lowest BCUT2D eigenvalue weighted by molar-refractivity contribution is 0.655. The molecule has 2 aromatic rings. The zero-order valence-electron chi connectivity index (χ0n) is 9.52. The Morgan fingerprint density at radius 2 is 2.25 bits per heavy atom. The van der Waals surface area contributed by atoms with Gasteiger partial charge < -0.3 is 9.88 Å². The molecule has 16 heavy (non-hydrogen) atoms. The number of aryl methyl sites for hydroxylation is 1. The van der Waals surface area contributed by atoms with Crippen molar-refractivity contribution >= 4 is 11.3 Å². The van der Waals surface area contributed by atoms with Gasteiger partial charge in [-0.1, -0.05) is 6.07 Å². The van der Waals surface area contributed by atoms with Crippen LogP contribution in [0, 0.1) is 0 Å². The number of hydrogen-bond acceptors (Lipinski definition) is 3. The summed E-state index contributed by atoms with van der Waals surface area (Å²) in [6, 6.07) is 4.29. The molecule has 2 rings (SSSR count). The van der Waals surface area contributed by atoms with Gasteiger partial charge in [0, 0.05) is 37.3 Å². The Labute approximate surface area is 100 Å². The molecule has 0 fully saturated rings. The van der Waals surface area contributed by atoms with Crippen LogP contribution in [0.4, 0.5) is 0 Å². The highest BCUT2D eigenvalue weighted by Gasteiger charge is 1.98. The quantitative estimate of drug-likeness (QED) is 0.775. The van der Waals surface area contributed by atoms with E-state index in [1.165, 1.54) is 4.88 Å². The Morgan fingerprint density at radius 3 is 2.94 bits per heavy atom. The van der Waals surface area contributed by atoms with Crippen LogP contribution in [-0.4, -0.2) is 22.6 Å². The molecular weight excluding hydrogens is 218 g/mol. The summed E-state index contributed by atoms with van der Waals surface area (Å²) in [5.41, 5.74) is 0. The Morgan fingerprint density at radius 1 is 1.38 bits per heavy atom. The monoisotopic (exact) mass is 235 g/mol. The topological polar surface area (TPSA) is 29.9 Å². The maximum atomic E-state index is 4.29. The van der Waals surface area contributed by atoms with Crippen LogP contribution in [0.25, 0.3) is 0 Å². The molecule has 0 atom stereocenters. The molecule has 0 spiro atoms. The number of nitrogens with zero attached hydrogens (tertiary/aromatic N) is 2. The van der Waals surface area contributed by atoms with Crippen LogP contribution in [0.3, 0.4) is 0 Å². The van der Waals surface area contributed by atoms with Crippen LogP contribution < -0.4 is 5.32 Å². The van der Waals surface area contributed by atoms with Gasteiger partial charge in [0.05, 0.1) is 0 Å². The molecule has 0 saturated heterocycles. The number of rotatable bonds is 6. The van der Waals surface area contributed by atoms with E-state index in [-0.39, 0.29) is 0 Å². The summed E-state index contributed by atoms with van der Waals surface area (Å²) in [5, 5.41) is 5.57. The second-order valence-electron chi connectivity index (χ2n) is 3.78. The second kappa shape index (κ2) is 5.82. The van der Waals surface area contributed by atoms with Gasteiger partial charge in [-0.15, -0.1) is 11.3 Å². The smallest absolute Gasteiger partial charge is 0.109 e. The molecule has 4 heteroatoms. The van der Waals surface area contributed by atoms with Gasteiger partial charge in [0.15, 0.2) is 0 Å². The minimum atomic E-state index is 0.994. The van der Waals surface area contributed by atoms with E-state index in [9.17, 15) is 0 Å². The normalized spacial score (nSPS) is 10.8. The fourth-order valence-electron chi connectivity index (χ4n) is 1.63. The van der Waals surface area contributed by atoms with E-state index in [0.29, 0.717) is 0 Å². The fraction of sp³-hybridized carbons (Fsp3) is 0.417. The van der Waals surface area contributed by atoms with E-state index >= 15 is 0 Å². The highest BCUT2D eigenvalue weighted by molar-refractivity contribution is 7.09. The average Bonchev–Trinajstić information content (AvgIpc) is 2.90. The maximum absolute atomic E-state index is 4.29. The summed E-state index contributed by atoms with van der Waals surface area (Å²) in [6.07, 6.45) is 5.95. The first-order valence-electron chi connectivity index (χ1n) is 5.55. The van der Waals surface area contributed by atoms with Gasteiger partial charge in [0.2, 0.25) is 0 Å². The molecular formula is C12H17N3S. The van der Waals surface area contributed by atoms with Crippen molar-refractivity contribution in [2.75, 3.05) is 13.1 Å². The second-order valence-corrected chi connectivity index (χ2v) is 4.82. The molecule has 0 radical (unpaired) electrons. The molecule has 0 saturated carbocycles. The van der Waals surface area contributed by atoms with Gasteiger partial charge in [-0.3, -0.25) is 0 Å². The van der Waals surface area contributed by atoms with Crippen LogP contribution in [0.1, 0.15) is 10.7 Å². The molecule has 86 valence electrons. The van der Waals surface area contributed by atoms with Gasteiger partial charge in [-0.25, -0.2) is 4.98 Å². The largest absolute Gasteiger partial charge is 0.338 e. The zero-order chi connectivity index (χ0) is 11.2. The summed E-state index contributed by atoms with van der Waals surface area (Å²) >= 11 is 1.82. The van der Waals surface area contributed by atoms with Crippen molar-refractivity contribution in [3.05, 3.63) is 40.6 Å². The first kappa shape index (κ1) is 11.4. The SMILES string of the molecule is Cn1ccnc1CCNCCc1cccs1. The van der Waals surface area contributed by atoms with E-state index in [1.54, 1.807) is 0 Å². The number of hydrogen-bond donors (Lipinski definition) is 1. The minimum Gasteiger partial charge on any atom is -0.338 e. The lowest BCUT2D eigenvalue weighted by atomic mass is 10.3. The van der Waals surface area contributed by atoms with Gasteiger partial charge in [0.25, 0.3) is 0 Å². The van der Waals surface area contributed by atoms with Crippen LogP contribution in [0.15, 0.2) is 29.9 Å². The molecule has 2 heterocycles. The Bertz CT molecular complexity index is 406. The van der Waals surface area contributed by atoms with Crippen molar-refractivity contribution in [1.82, 2.24) is 14.9 Å². The van der Waals surface area contributed by atoms with Crippen molar-refractivity contribution in [2.45, 2.75) is 12.8 Å². The summed E-state index contributed by atoms with van der Waals surface area (Å²) in [7, 11) is 2.04. The molecule has 3 nitrogen and oxygen atoms in total. The number of nitrogens with one attached hydrogen (secondary N) is 1. The van der Waals surface area contributed by atoms with E-state index in [0.717, 1.165) is 31.8 Å². The van der Waals surface area contributed by atoms with E-state index < -0.39 is 0 Å². The number of aromatic nitrogens is 2. The van der Waals surface area contributed by atoms with Crippen molar-refractivity contribution in [1.29, 1.82) is 0 Å². The van der Waals surface area contributed by atoms with Gasteiger partial charge in [0.1, 0.15) is 5.82 Å². The molecule has 0 aliphatic rings. The third kappa shape index (κ3) is 3.18. The van der Waals surface area contributed by atoms with Crippen molar-refractivity contribution < 1.29 is 0 Å². The average molecular weight is 235 g/mol. The molecule has 0 aliphatic carbocycles. The molecule has 2 aromatic heterocycles. The van der Waals surface area contributed by atoms with Gasteiger partial charge >= 0.3 is 0 Å². The molecule has 0 aliphatic heterocycles. The highest BCUT2D eigenvalue weighted by atomic mass is 32.1. The molecule has 1 N–H and O–H groups in total. The Balaban J connectivity index is 1.61. The number of imidazole rings is 1. The van der Waals surface area contributed by atoms with Crippen LogP contribution >= 0.6 is 11.3 Å². The van der Waals surface area contributed by atoms with Crippen LogP contribution in [0.2, 0.25) is 0 Å². The summed E-state index contributed by atoms with van der Waals surface area (Å²) in [5.74, 6) is 1.14. The van der Waals surface area contributed by atoms with E-state index in [1.807, 2.05) is 30.8 Å². The summed E-state index contributed by atoms with van der Waals surface area (Å²) in [4.78, 5) is 5.74. The third-order valence-corrected chi connectivity index (χ3v) is 3.51. The zero-order valence-corrected chi connectivity index (χ0v) is 10.3. The van der Waals surface area contributed by atoms with E-state index in [2.05, 4.69) is 32.4 Å². The minimum absolute atomic E-state index is 0.994.